The zero-order valence-electron chi connectivity index (χ0n) is 9.84. The van der Waals surface area contributed by atoms with Crippen molar-refractivity contribution in [2.24, 2.45) is 11.8 Å². The number of carbonyl (C=O) groups is 2. The third-order valence-corrected chi connectivity index (χ3v) is 3.33. The highest BCUT2D eigenvalue weighted by Crippen LogP contribution is 2.24. The molecule has 1 aliphatic heterocycles. The van der Waals surface area contributed by atoms with Crippen LogP contribution in [0, 0.1) is 11.8 Å². The third kappa shape index (κ3) is 2.18. The van der Waals surface area contributed by atoms with E-state index in [1.165, 1.54) is 6.07 Å². The summed E-state index contributed by atoms with van der Waals surface area (Å²) in [5.41, 5.74) is 0.00800. The molecule has 0 aromatic carbocycles. The summed E-state index contributed by atoms with van der Waals surface area (Å²) in [6, 6.07) is 1.28. The van der Waals surface area contributed by atoms with Gasteiger partial charge in [0.2, 0.25) is 0 Å². The summed E-state index contributed by atoms with van der Waals surface area (Å²) in [7, 11) is 0. The van der Waals surface area contributed by atoms with E-state index in [9.17, 15) is 9.59 Å². The van der Waals surface area contributed by atoms with Gasteiger partial charge >= 0.3 is 5.97 Å². The normalized spacial score (nSPS) is 24.0. The van der Waals surface area contributed by atoms with Gasteiger partial charge in [-0.05, 0) is 11.8 Å². The van der Waals surface area contributed by atoms with Crippen LogP contribution >= 0.6 is 0 Å². The van der Waals surface area contributed by atoms with E-state index in [0.29, 0.717) is 24.9 Å². The van der Waals surface area contributed by atoms with Gasteiger partial charge in [-0.2, -0.15) is 0 Å². The number of likely N-dealkylation sites (tertiary alicyclic amines) is 1. The molecular formula is C12H15NO4. The molecule has 2 heterocycles. The lowest BCUT2D eigenvalue weighted by molar-refractivity contribution is 0.0695. The molecule has 0 bridgehead atoms. The summed E-state index contributed by atoms with van der Waals surface area (Å²) >= 11 is 0. The largest absolute Gasteiger partial charge is 0.478 e. The van der Waals surface area contributed by atoms with Gasteiger partial charge in [0.05, 0.1) is 5.56 Å². The summed E-state index contributed by atoms with van der Waals surface area (Å²) in [6.07, 6.45) is 1.10. The minimum atomic E-state index is -1.09. The molecule has 1 aromatic heterocycles. The Balaban J connectivity index is 2.12. The molecule has 0 aliphatic carbocycles. The Labute approximate surface area is 99.0 Å². The number of rotatable bonds is 2. The maximum absolute atomic E-state index is 12.0. The smallest absolute Gasteiger partial charge is 0.338 e. The van der Waals surface area contributed by atoms with Crippen molar-refractivity contribution < 1.29 is 19.1 Å². The average Bonchev–Trinajstić information content (AvgIpc) is 2.86. The minimum Gasteiger partial charge on any atom is -0.478 e. The molecule has 0 saturated carbocycles. The Morgan fingerprint density at radius 1 is 1.35 bits per heavy atom. The van der Waals surface area contributed by atoms with Crippen LogP contribution in [0.2, 0.25) is 0 Å². The second-order valence-electron chi connectivity index (χ2n) is 4.67. The van der Waals surface area contributed by atoms with Crippen molar-refractivity contribution in [2.75, 3.05) is 13.1 Å². The van der Waals surface area contributed by atoms with E-state index in [2.05, 4.69) is 13.8 Å². The predicted molar refractivity (Wildman–Crippen MR) is 59.9 cm³/mol. The standard InChI is InChI=1S/C12H15NO4/c1-7-4-13(5-8(7)2)11(14)10-3-9(6-17-10)12(15)16/h3,6-8H,4-5H2,1-2H3,(H,15,16). The molecule has 1 aliphatic rings. The highest BCUT2D eigenvalue weighted by molar-refractivity contribution is 5.95. The van der Waals surface area contributed by atoms with Crippen molar-refractivity contribution in [2.45, 2.75) is 13.8 Å². The van der Waals surface area contributed by atoms with E-state index < -0.39 is 5.97 Å². The quantitative estimate of drug-likeness (QED) is 0.849. The Bertz CT molecular complexity index is 441. The maximum atomic E-state index is 12.0. The van der Waals surface area contributed by atoms with Gasteiger partial charge in [-0.25, -0.2) is 4.79 Å². The molecule has 1 amide bonds. The zero-order chi connectivity index (χ0) is 12.6. The number of hydrogen-bond donors (Lipinski definition) is 1. The number of carboxylic acids is 1. The van der Waals surface area contributed by atoms with Gasteiger partial charge in [-0.15, -0.1) is 0 Å². The Morgan fingerprint density at radius 3 is 2.41 bits per heavy atom. The molecule has 0 radical (unpaired) electrons. The Hall–Kier alpha value is -1.78. The predicted octanol–water partition coefficient (Wildman–Crippen LogP) is 1.71. The van der Waals surface area contributed by atoms with E-state index in [1.54, 1.807) is 4.90 Å². The molecule has 1 saturated heterocycles. The summed E-state index contributed by atoms with van der Waals surface area (Å²) in [5, 5.41) is 8.74. The lowest BCUT2D eigenvalue weighted by Gasteiger charge is -2.13. The molecule has 1 aromatic rings. The van der Waals surface area contributed by atoms with Crippen molar-refractivity contribution in [1.29, 1.82) is 0 Å². The molecule has 2 atom stereocenters. The van der Waals surface area contributed by atoms with Crippen LogP contribution in [0.4, 0.5) is 0 Å². The third-order valence-electron chi connectivity index (χ3n) is 3.33. The van der Waals surface area contributed by atoms with E-state index in [1.807, 2.05) is 0 Å². The first kappa shape index (κ1) is 11.7. The number of amides is 1. The van der Waals surface area contributed by atoms with E-state index in [4.69, 9.17) is 9.52 Å². The van der Waals surface area contributed by atoms with Gasteiger partial charge in [0.1, 0.15) is 6.26 Å². The molecule has 1 N–H and O–H groups in total. The van der Waals surface area contributed by atoms with Crippen molar-refractivity contribution >= 4 is 11.9 Å². The molecule has 5 nitrogen and oxygen atoms in total. The summed E-state index contributed by atoms with van der Waals surface area (Å²) < 4.78 is 5.00. The molecule has 17 heavy (non-hydrogen) atoms. The number of carboxylic acid groups (broad SMARTS) is 1. The number of aromatic carboxylic acids is 1. The highest BCUT2D eigenvalue weighted by Gasteiger charge is 2.31. The lowest BCUT2D eigenvalue weighted by atomic mass is 10.0. The molecular weight excluding hydrogens is 222 g/mol. The lowest BCUT2D eigenvalue weighted by Crippen LogP contribution is -2.28. The molecule has 1 fully saturated rings. The fourth-order valence-corrected chi connectivity index (χ4v) is 2.01. The number of hydrogen-bond acceptors (Lipinski definition) is 3. The second-order valence-corrected chi connectivity index (χ2v) is 4.67. The van der Waals surface area contributed by atoms with Crippen LogP contribution in [-0.2, 0) is 0 Å². The first-order valence-corrected chi connectivity index (χ1v) is 5.60. The molecule has 92 valence electrons. The topological polar surface area (TPSA) is 70.8 Å². The van der Waals surface area contributed by atoms with Crippen LogP contribution in [0.15, 0.2) is 16.7 Å². The number of furan rings is 1. The van der Waals surface area contributed by atoms with Crippen LogP contribution in [0.1, 0.15) is 34.8 Å². The number of nitrogens with zero attached hydrogens (tertiary/aromatic N) is 1. The Morgan fingerprint density at radius 2 is 1.94 bits per heavy atom. The van der Waals surface area contributed by atoms with Crippen molar-refractivity contribution in [3.05, 3.63) is 23.7 Å². The van der Waals surface area contributed by atoms with Crippen LogP contribution in [0.3, 0.4) is 0 Å². The van der Waals surface area contributed by atoms with Gasteiger partial charge in [-0.1, -0.05) is 13.8 Å². The molecule has 0 spiro atoms. The molecule has 5 heteroatoms. The van der Waals surface area contributed by atoms with Gasteiger partial charge in [0, 0.05) is 19.2 Å². The van der Waals surface area contributed by atoms with Gasteiger partial charge < -0.3 is 14.4 Å². The molecule has 2 rings (SSSR count). The van der Waals surface area contributed by atoms with Crippen molar-refractivity contribution in [3.63, 3.8) is 0 Å². The van der Waals surface area contributed by atoms with Crippen LogP contribution in [0.5, 0.6) is 0 Å². The zero-order valence-corrected chi connectivity index (χ0v) is 9.84. The second kappa shape index (κ2) is 4.24. The fourth-order valence-electron chi connectivity index (χ4n) is 2.01. The minimum absolute atomic E-state index is 0.00800. The van der Waals surface area contributed by atoms with Gasteiger partial charge in [-0.3, -0.25) is 4.79 Å². The van der Waals surface area contributed by atoms with E-state index >= 15 is 0 Å². The van der Waals surface area contributed by atoms with E-state index in [-0.39, 0.29) is 17.2 Å². The first-order valence-electron chi connectivity index (χ1n) is 5.60. The SMILES string of the molecule is CC1CN(C(=O)c2cc(C(=O)O)co2)CC1C. The first-order chi connectivity index (χ1) is 7.99. The summed E-state index contributed by atoms with van der Waals surface area (Å²) in [4.78, 5) is 24.4. The highest BCUT2D eigenvalue weighted by atomic mass is 16.4. The maximum Gasteiger partial charge on any atom is 0.338 e. The van der Waals surface area contributed by atoms with Gasteiger partial charge in [0.15, 0.2) is 5.76 Å². The Kier molecular flexibility index (Phi) is 2.92. The fraction of sp³-hybridized carbons (Fsp3) is 0.500. The van der Waals surface area contributed by atoms with Crippen LogP contribution in [-0.4, -0.2) is 35.0 Å². The molecule has 2 unspecified atom stereocenters. The van der Waals surface area contributed by atoms with E-state index in [0.717, 1.165) is 6.26 Å². The summed E-state index contributed by atoms with van der Waals surface area (Å²) in [5.74, 6) is -0.283. The van der Waals surface area contributed by atoms with Crippen molar-refractivity contribution in [1.82, 2.24) is 4.90 Å². The number of carbonyl (C=O) groups excluding carboxylic acids is 1. The van der Waals surface area contributed by atoms with Crippen LogP contribution in [0.25, 0.3) is 0 Å². The van der Waals surface area contributed by atoms with Gasteiger partial charge in [0.25, 0.3) is 5.91 Å². The monoisotopic (exact) mass is 237 g/mol. The van der Waals surface area contributed by atoms with Crippen molar-refractivity contribution in [3.8, 4) is 0 Å². The summed E-state index contributed by atoms with van der Waals surface area (Å²) in [6.45, 7) is 5.59. The van der Waals surface area contributed by atoms with Crippen LogP contribution < -0.4 is 0 Å². The average molecular weight is 237 g/mol.